The van der Waals surface area contributed by atoms with Gasteiger partial charge in [-0.25, -0.2) is 9.78 Å². The lowest BCUT2D eigenvalue weighted by atomic mass is 9.94. The van der Waals surface area contributed by atoms with Crippen molar-refractivity contribution in [2.24, 2.45) is 0 Å². The van der Waals surface area contributed by atoms with Gasteiger partial charge in [0, 0.05) is 16.8 Å². The Hall–Kier alpha value is -3.08. The minimum absolute atomic E-state index is 0.00754. The molecule has 3 rings (SSSR count). The number of benzene rings is 1. The van der Waals surface area contributed by atoms with Crippen molar-refractivity contribution < 1.29 is 14.6 Å². The van der Waals surface area contributed by atoms with Crippen LogP contribution in [0.3, 0.4) is 0 Å². The number of halogens is 1. The smallest absolute Gasteiger partial charge is 0.324 e. The van der Waals surface area contributed by atoms with Gasteiger partial charge >= 0.3 is 6.03 Å². The zero-order valence-electron chi connectivity index (χ0n) is 13.0. The Morgan fingerprint density at radius 2 is 2.00 bits per heavy atom. The number of nitrogens with one attached hydrogen (secondary N) is 2. The van der Waals surface area contributed by atoms with Gasteiger partial charge in [0.2, 0.25) is 0 Å². The number of nitriles is 1. The number of nitrogens with zero attached hydrogens (tertiary/aromatic N) is 2. The van der Waals surface area contributed by atoms with E-state index in [4.69, 9.17) is 21.4 Å². The number of pyridine rings is 1. The van der Waals surface area contributed by atoms with Crippen molar-refractivity contribution in [1.82, 2.24) is 10.3 Å². The Labute approximate surface area is 148 Å². The normalized spacial score (nSPS) is 12.7. The van der Waals surface area contributed by atoms with Crippen molar-refractivity contribution >= 4 is 29.1 Å². The third kappa shape index (κ3) is 3.13. The number of amides is 2. The molecule has 0 radical (unpaired) electrons. The maximum absolute atomic E-state index is 11.6. The third-order valence-corrected chi connectivity index (χ3v) is 3.84. The molecule has 8 heteroatoms. The summed E-state index contributed by atoms with van der Waals surface area (Å²) in [5, 5.41) is 23.4. The van der Waals surface area contributed by atoms with Gasteiger partial charge in [-0.05, 0) is 17.7 Å². The van der Waals surface area contributed by atoms with E-state index in [-0.39, 0.29) is 29.7 Å². The predicted octanol–water partition coefficient (Wildman–Crippen LogP) is 2.75. The molecule has 0 unspecified atom stereocenters. The second-order valence-corrected chi connectivity index (χ2v) is 5.50. The van der Waals surface area contributed by atoms with Crippen LogP contribution in [-0.4, -0.2) is 29.3 Å². The molecular weight excluding hydrogens is 344 g/mol. The molecule has 0 aliphatic carbocycles. The van der Waals surface area contributed by atoms with E-state index >= 15 is 0 Å². The van der Waals surface area contributed by atoms with Crippen LogP contribution in [0, 0.1) is 11.3 Å². The van der Waals surface area contributed by atoms with Gasteiger partial charge in [-0.15, -0.1) is 0 Å². The van der Waals surface area contributed by atoms with Gasteiger partial charge in [0.05, 0.1) is 12.2 Å². The number of aliphatic hydroxyl groups excluding tert-OH is 1. The van der Waals surface area contributed by atoms with E-state index in [0.717, 1.165) is 0 Å². The first kappa shape index (κ1) is 16.8. The minimum Gasteiger partial charge on any atom is -0.491 e. The number of anilines is 1. The molecule has 1 aliphatic rings. The maximum atomic E-state index is 11.6. The van der Waals surface area contributed by atoms with E-state index in [2.05, 4.69) is 28.3 Å². The van der Waals surface area contributed by atoms with Crippen LogP contribution < -0.4 is 15.4 Å². The lowest BCUT2D eigenvalue weighted by Crippen LogP contribution is -2.33. The number of hydrogen-bond acceptors (Lipinski definition) is 5. The Morgan fingerprint density at radius 3 is 2.64 bits per heavy atom. The molecular formula is C17H13ClN4O3. The van der Waals surface area contributed by atoms with E-state index < -0.39 is 6.03 Å². The number of urea groups is 1. The van der Waals surface area contributed by atoms with Crippen LogP contribution in [0.25, 0.3) is 16.8 Å². The molecule has 0 atom stereocenters. The van der Waals surface area contributed by atoms with Crippen molar-refractivity contribution in [3.8, 4) is 22.9 Å². The number of fused-ring (bicyclic) bond motifs is 1. The van der Waals surface area contributed by atoms with Gasteiger partial charge in [0.15, 0.2) is 0 Å². The molecule has 0 fully saturated rings. The van der Waals surface area contributed by atoms with Crippen LogP contribution in [0.1, 0.15) is 11.1 Å². The molecule has 7 nitrogen and oxygen atoms in total. The lowest BCUT2D eigenvalue weighted by Gasteiger charge is -2.23. The van der Waals surface area contributed by atoms with E-state index in [1.165, 1.54) is 0 Å². The first-order valence-corrected chi connectivity index (χ1v) is 7.68. The molecule has 2 amide bonds. The zero-order chi connectivity index (χ0) is 18.0. The number of rotatable bonds is 4. The monoisotopic (exact) mass is 356 g/mol. The van der Waals surface area contributed by atoms with Crippen LogP contribution in [0.4, 0.5) is 10.6 Å². The van der Waals surface area contributed by atoms with Crippen LogP contribution in [0.2, 0.25) is 5.15 Å². The molecule has 25 heavy (non-hydrogen) atoms. The summed E-state index contributed by atoms with van der Waals surface area (Å²) in [6, 6.07) is 8.52. The van der Waals surface area contributed by atoms with Crippen molar-refractivity contribution in [3.05, 3.63) is 47.1 Å². The number of ether oxygens (including phenoxy) is 1. The fourth-order valence-corrected chi connectivity index (χ4v) is 2.77. The molecule has 2 heterocycles. The van der Waals surface area contributed by atoms with Gasteiger partial charge < -0.3 is 15.2 Å². The van der Waals surface area contributed by atoms with E-state index in [0.29, 0.717) is 28.1 Å². The summed E-state index contributed by atoms with van der Waals surface area (Å²) in [6.07, 6.45) is 0. The molecule has 126 valence electrons. The Balaban J connectivity index is 2.16. The van der Waals surface area contributed by atoms with Crippen molar-refractivity contribution in [2.45, 2.75) is 0 Å². The van der Waals surface area contributed by atoms with Gasteiger partial charge in [-0.3, -0.25) is 5.32 Å². The van der Waals surface area contributed by atoms with Crippen molar-refractivity contribution in [2.75, 3.05) is 18.5 Å². The Morgan fingerprint density at radius 1 is 1.28 bits per heavy atom. The van der Waals surface area contributed by atoms with Crippen molar-refractivity contribution in [3.63, 3.8) is 0 Å². The molecule has 1 aliphatic heterocycles. The minimum atomic E-state index is -0.468. The van der Waals surface area contributed by atoms with Gasteiger partial charge in [-0.2, -0.15) is 5.26 Å². The quantitative estimate of drug-likeness (QED) is 0.730. The second-order valence-electron chi connectivity index (χ2n) is 5.14. The third-order valence-electron chi connectivity index (χ3n) is 3.57. The summed E-state index contributed by atoms with van der Waals surface area (Å²) < 4.78 is 5.33. The first-order valence-electron chi connectivity index (χ1n) is 7.30. The maximum Gasteiger partial charge on any atom is 0.324 e. The summed E-state index contributed by atoms with van der Waals surface area (Å²) in [5.74, 6) is 0.823. The molecule has 1 aromatic carbocycles. The molecule has 1 aromatic heterocycles. The fourth-order valence-electron chi connectivity index (χ4n) is 2.55. The Kier molecular flexibility index (Phi) is 4.57. The lowest BCUT2D eigenvalue weighted by molar-refractivity contribution is 0.201. The summed E-state index contributed by atoms with van der Waals surface area (Å²) in [4.78, 5) is 15.7. The number of carbonyl (C=O) groups excluding carboxylic acids is 1. The molecule has 0 spiro atoms. The van der Waals surface area contributed by atoms with Gasteiger partial charge in [0.1, 0.15) is 29.4 Å². The summed E-state index contributed by atoms with van der Waals surface area (Å²) in [6.45, 7) is 3.94. The van der Waals surface area contributed by atoms with Crippen LogP contribution >= 0.6 is 11.6 Å². The number of carbonyl (C=O) groups is 1. The predicted molar refractivity (Wildman–Crippen MR) is 93.2 cm³/mol. The van der Waals surface area contributed by atoms with E-state index in [1.807, 2.05) is 0 Å². The molecule has 0 saturated carbocycles. The van der Waals surface area contributed by atoms with E-state index in [1.54, 1.807) is 24.3 Å². The zero-order valence-corrected chi connectivity index (χ0v) is 13.7. The van der Waals surface area contributed by atoms with Crippen molar-refractivity contribution in [1.29, 1.82) is 5.26 Å². The highest BCUT2D eigenvalue weighted by molar-refractivity contribution is 6.31. The Bertz CT molecular complexity index is 904. The number of aliphatic hydroxyl groups is 1. The molecule has 2 aromatic rings. The summed E-state index contributed by atoms with van der Waals surface area (Å²) in [7, 11) is 0. The number of aromatic nitrogens is 1. The summed E-state index contributed by atoms with van der Waals surface area (Å²) >= 11 is 6.12. The van der Waals surface area contributed by atoms with E-state index in [9.17, 15) is 10.1 Å². The standard InChI is InChI=1S/C17H13ClN4O3/c1-9-13-14(10-2-4-11(5-3-10)25-7-6-23)12(8-19)15(18)21-16(13)22-17(24)20-9/h2-5,23H,1,6-7H2,(H2,20,21,22,24). The van der Waals surface area contributed by atoms with Crippen LogP contribution in [-0.2, 0) is 0 Å². The largest absolute Gasteiger partial charge is 0.491 e. The van der Waals surface area contributed by atoms with Crippen LogP contribution in [0.5, 0.6) is 5.75 Å². The first-order chi connectivity index (χ1) is 12.0. The molecule has 0 bridgehead atoms. The average Bonchev–Trinajstić information content (AvgIpc) is 2.59. The highest BCUT2D eigenvalue weighted by Crippen LogP contribution is 2.39. The fraction of sp³-hybridized carbons (Fsp3) is 0.118. The van der Waals surface area contributed by atoms with Crippen LogP contribution in [0.15, 0.2) is 30.8 Å². The second kappa shape index (κ2) is 6.81. The highest BCUT2D eigenvalue weighted by atomic mass is 35.5. The topological polar surface area (TPSA) is 107 Å². The summed E-state index contributed by atoms with van der Waals surface area (Å²) in [5.41, 5.74) is 2.22. The highest BCUT2D eigenvalue weighted by Gasteiger charge is 2.27. The molecule has 0 saturated heterocycles. The number of hydrogen-bond donors (Lipinski definition) is 3. The molecule has 3 N–H and O–H groups in total. The van der Waals surface area contributed by atoms with Gasteiger partial charge in [-0.1, -0.05) is 30.3 Å². The van der Waals surface area contributed by atoms with Gasteiger partial charge in [0.25, 0.3) is 0 Å². The average molecular weight is 357 g/mol. The SMILES string of the molecule is C=C1NC(=O)Nc2nc(Cl)c(C#N)c(-c3ccc(OCCO)cc3)c21.